The highest BCUT2D eigenvalue weighted by molar-refractivity contribution is 7.13. The van der Waals surface area contributed by atoms with Crippen LogP contribution in [0.2, 0.25) is 0 Å². The second kappa shape index (κ2) is 7.20. The van der Waals surface area contributed by atoms with Crippen molar-refractivity contribution in [2.24, 2.45) is 0 Å². The number of amides is 1. The molecule has 4 aromatic rings. The SMILES string of the molecule is CCn1ncc2c(C(=O)Nc3ccc([N+](=O)[O-])cc3)cc(-c3cccs3)nc21. The molecule has 1 amide bonds. The predicted molar refractivity (Wildman–Crippen MR) is 108 cm³/mol. The van der Waals surface area contributed by atoms with Gasteiger partial charge in [0.15, 0.2) is 5.65 Å². The van der Waals surface area contributed by atoms with E-state index in [1.165, 1.54) is 24.3 Å². The number of rotatable bonds is 5. The van der Waals surface area contributed by atoms with E-state index in [9.17, 15) is 14.9 Å². The van der Waals surface area contributed by atoms with Crippen molar-refractivity contribution in [2.45, 2.75) is 13.5 Å². The van der Waals surface area contributed by atoms with E-state index >= 15 is 0 Å². The molecular formula is C19H15N5O3S. The molecule has 0 fully saturated rings. The number of aromatic nitrogens is 3. The van der Waals surface area contributed by atoms with E-state index in [1.807, 2.05) is 24.4 Å². The van der Waals surface area contributed by atoms with Crippen LogP contribution in [0.25, 0.3) is 21.6 Å². The third-order valence-corrected chi connectivity index (χ3v) is 5.16. The molecule has 8 nitrogen and oxygen atoms in total. The molecule has 0 bridgehead atoms. The number of hydrogen-bond acceptors (Lipinski definition) is 6. The van der Waals surface area contributed by atoms with Crippen LogP contribution in [0.5, 0.6) is 0 Å². The summed E-state index contributed by atoms with van der Waals surface area (Å²) < 4.78 is 1.75. The summed E-state index contributed by atoms with van der Waals surface area (Å²) in [5, 5.41) is 20.5. The van der Waals surface area contributed by atoms with Crippen molar-refractivity contribution in [1.29, 1.82) is 0 Å². The first-order valence-electron chi connectivity index (χ1n) is 8.53. The van der Waals surface area contributed by atoms with Crippen molar-refractivity contribution in [1.82, 2.24) is 14.8 Å². The molecule has 3 heterocycles. The van der Waals surface area contributed by atoms with Gasteiger partial charge in [-0.1, -0.05) is 6.07 Å². The van der Waals surface area contributed by atoms with Crippen molar-refractivity contribution >= 4 is 39.7 Å². The number of benzene rings is 1. The van der Waals surface area contributed by atoms with Gasteiger partial charge in [-0.15, -0.1) is 11.3 Å². The van der Waals surface area contributed by atoms with Crippen LogP contribution < -0.4 is 5.32 Å². The summed E-state index contributed by atoms with van der Waals surface area (Å²) in [6.07, 6.45) is 1.63. The van der Waals surface area contributed by atoms with Crippen LogP contribution in [-0.2, 0) is 6.54 Å². The average Bonchev–Trinajstić information content (AvgIpc) is 3.37. The zero-order valence-corrected chi connectivity index (χ0v) is 15.6. The van der Waals surface area contributed by atoms with E-state index < -0.39 is 4.92 Å². The molecule has 1 aromatic carbocycles. The number of carbonyl (C=O) groups excluding carboxylic acids is 1. The monoisotopic (exact) mass is 393 g/mol. The number of hydrogen-bond donors (Lipinski definition) is 1. The summed E-state index contributed by atoms with van der Waals surface area (Å²) in [4.78, 5) is 28.9. The van der Waals surface area contributed by atoms with Gasteiger partial charge < -0.3 is 5.32 Å². The largest absolute Gasteiger partial charge is 0.322 e. The van der Waals surface area contributed by atoms with E-state index in [0.717, 1.165) is 4.88 Å². The minimum Gasteiger partial charge on any atom is -0.322 e. The Bertz CT molecular complexity index is 1170. The maximum Gasteiger partial charge on any atom is 0.269 e. The summed E-state index contributed by atoms with van der Waals surface area (Å²) in [7, 11) is 0. The summed E-state index contributed by atoms with van der Waals surface area (Å²) in [5.41, 5.74) is 2.23. The lowest BCUT2D eigenvalue weighted by Crippen LogP contribution is -2.13. The Labute approximate surface area is 163 Å². The van der Waals surface area contributed by atoms with Crippen molar-refractivity contribution in [2.75, 3.05) is 5.32 Å². The number of thiophene rings is 1. The third-order valence-electron chi connectivity index (χ3n) is 4.26. The van der Waals surface area contributed by atoms with E-state index in [-0.39, 0.29) is 11.6 Å². The molecule has 4 rings (SSSR count). The number of non-ortho nitro benzene ring substituents is 1. The number of nitro groups is 1. The Hall–Kier alpha value is -3.59. The highest BCUT2D eigenvalue weighted by Gasteiger charge is 2.18. The first kappa shape index (κ1) is 17.8. The van der Waals surface area contributed by atoms with Crippen molar-refractivity contribution in [3.05, 3.63) is 69.7 Å². The van der Waals surface area contributed by atoms with E-state index in [2.05, 4.69) is 15.4 Å². The highest BCUT2D eigenvalue weighted by Crippen LogP contribution is 2.28. The molecule has 0 atom stereocenters. The van der Waals surface area contributed by atoms with Gasteiger partial charge in [-0.25, -0.2) is 9.67 Å². The van der Waals surface area contributed by atoms with Gasteiger partial charge in [-0.2, -0.15) is 5.10 Å². The third kappa shape index (κ3) is 3.23. The molecule has 28 heavy (non-hydrogen) atoms. The molecule has 0 aliphatic heterocycles. The molecule has 0 aliphatic carbocycles. The highest BCUT2D eigenvalue weighted by atomic mass is 32.1. The van der Waals surface area contributed by atoms with Crippen LogP contribution in [-0.4, -0.2) is 25.6 Å². The first-order chi connectivity index (χ1) is 13.6. The van der Waals surface area contributed by atoms with Crippen LogP contribution >= 0.6 is 11.3 Å². The average molecular weight is 393 g/mol. The molecule has 0 unspecified atom stereocenters. The Morgan fingerprint density at radius 2 is 2.07 bits per heavy atom. The van der Waals surface area contributed by atoms with Crippen molar-refractivity contribution in [3.63, 3.8) is 0 Å². The quantitative estimate of drug-likeness (QED) is 0.401. The van der Waals surface area contributed by atoms with Gasteiger partial charge in [0.05, 0.1) is 32.6 Å². The first-order valence-corrected chi connectivity index (χ1v) is 9.41. The van der Waals surface area contributed by atoms with Gasteiger partial charge in [-0.05, 0) is 36.6 Å². The number of fused-ring (bicyclic) bond motifs is 1. The molecule has 0 saturated heterocycles. The number of carbonyl (C=O) groups is 1. The topological polar surface area (TPSA) is 103 Å². The fraction of sp³-hybridized carbons (Fsp3) is 0.105. The number of anilines is 1. The number of nitro benzene ring substituents is 1. The smallest absolute Gasteiger partial charge is 0.269 e. The zero-order valence-electron chi connectivity index (χ0n) is 14.8. The summed E-state index contributed by atoms with van der Waals surface area (Å²) in [6, 6.07) is 11.3. The summed E-state index contributed by atoms with van der Waals surface area (Å²) in [5.74, 6) is -0.324. The van der Waals surface area contributed by atoms with Gasteiger partial charge in [0.1, 0.15) is 0 Å². The number of nitrogens with zero attached hydrogens (tertiary/aromatic N) is 4. The standard InChI is InChI=1S/C19H15N5O3S/c1-2-23-18-15(11-20-23)14(10-16(22-18)17-4-3-9-28-17)19(25)21-12-5-7-13(8-6-12)24(26)27/h3-11H,2H2,1H3,(H,21,25). The van der Waals surface area contributed by atoms with E-state index in [4.69, 9.17) is 0 Å². The molecule has 140 valence electrons. The molecule has 1 N–H and O–H groups in total. The molecule has 0 spiro atoms. The molecule has 3 aromatic heterocycles. The predicted octanol–water partition coefficient (Wildman–Crippen LogP) is 4.34. The maximum absolute atomic E-state index is 13.0. The Kier molecular flexibility index (Phi) is 4.58. The number of aryl methyl sites for hydroxylation is 1. The normalized spacial score (nSPS) is 10.9. The minimum atomic E-state index is -0.482. The van der Waals surface area contributed by atoms with Gasteiger partial charge >= 0.3 is 0 Å². The van der Waals surface area contributed by atoms with Gasteiger partial charge in [0, 0.05) is 24.4 Å². The second-order valence-corrected chi connectivity index (χ2v) is 6.94. The summed E-state index contributed by atoms with van der Waals surface area (Å²) in [6.45, 7) is 2.59. The van der Waals surface area contributed by atoms with Crippen LogP contribution in [0.4, 0.5) is 11.4 Å². The second-order valence-electron chi connectivity index (χ2n) is 5.99. The lowest BCUT2D eigenvalue weighted by Gasteiger charge is -2.08. The number of nitrogens with one attached hydrogen (secondary N) is 1. The van der Waals surface area contributed by atoms with Gasteiger partial charge in [-0.3, -0.25) is 14.9 Å². The van der Waals surface area contributed by atoms with E-state index in [0.29, 0.717) is 34.5 Å². The minimum absolute atomic E-state index is 0.0338. The Morgan fingerprint density at radius 3 is 2.71 bits per heavy atom. The Balaban J connectivity index is 1.75. The van der Waals surface area contributed by atoms with Crippen LogP contribution in [0.15, 0.2) is 54.0 Å². The van der Waals surface area contributed by atoms with Crippen molar-refractivity contribution < 1.29 is 9.72 Å². The van der Waals surface area contributed by atoms with Gasteiger partial charge in [0.25, 0.3) is 11.6 Å². The summed E-state index contributed by atoms with van der Waals surface area (Å²) >= 11 is 1.54. The Morgan fingerprint density at radius 1 is 1.29 bits per heavy atom. The molecule has 0 saturated carbocycles. The fourth-order valence-corrected chi connectivity index (χ4v) is 3.57. The molecule has 9 heteroatoms. The van der Waals surface area contributed by atoms with Crippen LogP contribution in [0.1, 0.15) is 17.3 Å². The fourth-order valence-electron chi connectivity index (χ4n) is 2.88. The van der Waals surface area contributed by atoms with Gasteiger partial charge in [0.2, 0.25) is 0 Å². The lowest BCUT2D eigenvalue weighted by molar-refractivity contribution is -0.384. The van der Waals surface area contributed by atoms with Crippen LogP contribution in [0, 0.1) is 10.1 Å². The maximum atomic E-state index is 13.0. The number of pyridine rings is 1. The zero-order chi connectivity index (χ0) is 19.7. The van der Waals surface area contributed by atoms with E-state index in [1.54, 1.807) is 28.3 Å². The van der Waals surface area contributed by atoms with Crippen molar-refractivity contribution in [3.8, 4) is 10.6 Å². The van der Waals surface area contributed by atoms with Crippen LogP contribution in [0.3, 0.4) is 0 Å². The molecule has 0 aliphatic rings. The lowest BCUT2D eigenvalue weighted by atomic mass is 10.1. The molecular weight excluding hydrogens is 378 g/mol. The molecule has 0 radical (unpaired) electrons.